The molecule has 1 heterocycles. The molecule has 0 saturated heterocycles. The molecule has 0 fully saturated rings. The van der Waals surface area contributed by atoms with E-state index in [9.17, 15) is 0 Å². The molecule has 1 unspecified atom stereocenters. The first-order valence-electron chi connectivity index (χ1n) is 4.00. The van der Waals surface area contributed by atoms with E-state index in [2.05, 4.69) is 15.4 Å². The van der Waals surface area contributed by atoms with Crippen molar-refractivity contribution < 1.29 is 0 Å². The van der Waals surface area contributed by atoms with Gasteiger partial charge in [-0.15, -0.1) is 0 Å². The number of rotatable bonds is 4. The van der Waals surface area contributed by atoms with Crippen molar-refractivity contribution in [3.63, 3.8) is 0 Å². The Bertz CT molecular complexity index is 231. The van der Waals surface area contributed by atoms with Gasteiger partial charge in [0.15, 0.2) is 5.82 Å². The maximum absolute atomic E-state index is 5.43. The van der Waals surface area contributed by atoms with Crippen LogP contribution in [0.4, 0.5) is 0 Å². The van der Waals surface area contributed by atoms with Gasteiger partial charge >= 0.3 is 0 Å². The standard InChI is InChI=1S/C7H15N5/c1-6(3-8)9-4-7-10-5-12(2)11-7/h5-6,9H,3-4,8H2,1-2H3. The second-order valence-electron chi connectivity index (χ2n) is 2.85. The van der Waals surface area contributed by atoms with Crippen molar-refractivity contribution in [1.82, 2.24) is 20.1 Å². The topological polar surface area (TPSA) is 68.8 Å². The molecule has 0 radical (unpaired) electrons. The van der Waals surface area contributed by atoms with Gasteiger partial charge in [-0.3, -0.25) is 4.68 Å². The predicted octanol–water partition coefficient (Wildman–Crippen LogP) is -0.748. The molecule has 1 aromatic rings. The fourth-order valence-electron chi connectivity index (χ4n) is 0.814. The highest BCUT2D eigenvalue weighted by Gasteiger charge is 2.00. The van der Waals surface area contributed by atoms with E-state index in [4.69, 9.17) is 5.73 Å². The van der Waals surface area contributed by atoms with Gasteiger partial charge in [0.05, 0.1) is 6.54 Å². The van der Waals surface area contributed by atoms with Gasteiger partial charge in [0, 0.05) is 19.6 Å². The fourth-order valence-corrected chi connectivity index (χ4v) is 0.814. The SMILES string of the molecule is CC(CN)NCc1ncn(C)n1. The second-order valence-corrected chi connectivity index (χ2v) is 2.85. The molecule has 0 aromatic carbocycles. The molecule has 1 aromatic heterocycles. The van der Waals surface area contributed by atoms with Crippen LogP contribution in [0.1, 0.15) is 12.7 Å². The normalized spacial score (nSPS) is 13.2. The number of nitrogens with one attached hydrogen (secondary N) is 1. The molecule has 1 rings (SSSR count). The highest BCUT2D eigenvalue weighted by atomic mass is 15.3. The first kappa shape index (κ1) is 9.15. The van der Waals surface area contributed by atoms with Crippen molar-refractivity contribution in [2.24, 2.45) is 12.8 Å². The minimum atomic E-state index is 0.314. The molecule has 12 heavy (non-hydrogen) atoms. The first-order chi connectivity index (χ1) is 5.72. The largest absolute Gasteiger partial charge is 0.329 e. The zero-order valence-corrected chi connectivity index (χ0v) is 7.49. The van der Waals surface area contributed by atoms with Gasteiger partial charge in [0.1, 0.15) is 6.33 Å². The summed E-state index contributed by atoms with van der Waals surface area (Å²) in [6.45, 7) is 3.34. The quantitative estimate of drug-likeness (QED) is 0.622. The van der Waals surface area contributed by atoms with E-state index < -0.39 is 0 Å². The Kier molecular flexibility index (Phi) is 3.19. The van der Waals surface area contributed by atoms with Gasteiger partial charge in [0.25, 0.3) is 0 Å². The average molecular weight is 169 g/mol. The van der Waals surface area contributed by atoms with Gasteiger partial charge in [0.2, 0.25) is 0 Å². The van der Waals surface area contributed by atoms with Crippen molar-refractivity contribution in [2.75, 3.05) is 6.54 Å². The Labute approximate surface area is 72.0 Å². The Balaban J connectivity index is 2.33. The lowest BCUT2D eigenvalue weighted by atomic mass is 10.3. The van der Waals surface area contributed by atoms with Gasteiger partial charge in [-0.25, -0.2) is 4.98 Å². The van der Waals surface area contributed by atoms with Crippen LogP contribution in [0.3, 0.4) is 0 Å². The van der Waals surface area contributed by atoms with Crippen LogP contribution in [0.15, 0.2) is 6.33 Å². The first-order valence-corrected chi connectivity index (χ1v) is 4.00. The molecule has 1 atom stereocenters. The van der Waals surface area contributed by atoms with Crippen LogP contribution < -0.4 is 11.1 Å². The Morgan fingerprint density at radius 2 is 2.50 bits per heavy atom. The van der Waals surface area contributed by atoms with Crippen molar-refractivity contribution in [3.05, 3.63) is 12.2 Å². The molecule has 0 saturated carbocycles. The molecule has 3 N–H and O–H groups in total. The highest BCUT2D eigenvalue weighted by Crippen LogP contribution is 1.87. The monoisotopic (exact) mass is 169 g/mol. The summed E-state index contributed by atoms with van der Waals surface area (Å²) in [5.41, 5.74) is 5.43. The zero-order chi connectivity index (χ0) is 8.97. The Morgan fingerprint density at radius 1 is 1.75 bits per heavy atom. The van der Waals surface area contributed by atoms with Crippen molar-refractivity contribution >= 4 is 0 Å². The van der Waals surface area contributed by atoms with Gasteiger partial charge in [-0.05, 0) is 6.92 Å². The van der Waals surface area contributed by atoms with E-state index in [0.717, 1.165) is 5.82 Å². The van der Waals surface area contributed by atoms with Crippen LogP contribution in [-0.4, -0.2) is 27.4 Å². The summed E-state index contributed by atoms with van der Waals surface area (Å²) in [5, 5.41) is 7.32. The number of nitrogens with zero attached hydrogens (tertiary/aromatic N) is 3. The maximum atomic E-state index is 5.43. The lowest BCUT2D eigenvalue weighted by Gasteiger charge is -2.07. The molecular weight excluding hydrogens is 154 g/mol. The molecule has 68 valence electrons. The molecule has 0 aliphatic carbocycles. The molecule has 0 aliphatic heterocycles. The third-order valence-corrected chi connectivity index (χ3v) is 1.61. The minimum absolute atomic E-state index is 0.314. The van der Waals surface area contributed by atoms with E-state index in [1.165, 1.54) is 0 Å². The van der Waals surface area contributed by atoms with Crippen LogP contribution in [-0.2, 0) is 13.6 Å². The third kappa shape index (κ3) is 2.60. The van der Waals surface area contributed by atoms with Crippen LogP contribution in [0.2, 0.25) is 0 Å². The number of hydrogen-bond acceptors (Lipinski definition) is 4. The van der Waals surface area contributed by atoms with Crippen molar-refractivity contribution in [2.45, 2.75) is 19.5 Å². The molecule has 0 amide bonds. The summed E-state index contributed by atoms with van der Waals surface area (Å²) in [6, 6.07) is 0.314. The van der Waals surface area contributed by atoms with E-state index in [1.807, 2.05) is 14.0 Å². The Hall–Kier alpha value is -0.940. The number of nitrogens with two attached hydrogens (primary N) is 1. The molecule has 5 heteroatoms. The van der Waals surface area contributed by atoms with Crippen LogP contribution in [0, 0.1) is 0 Å². The molecule has 0 spiro atoms. The van der Waals surface area contributed by atoms with Crippen LogP contribution in [0.5, 0.6) is 0 Å². The summed E-state index contributed by atoms with van der Waals surface area (Å²) in [7, 11) is 1.85. The molecule has 5 nitrogen and oxygen atoms in total. The molecular formula is C7H15N5. The van der Waals surface area contributed by atoms with Crippen molar-refractivity contribution in [3.8, 4) is 0 Å². The number of aromatic nitrogens is 3. The van der Waals surface area contributed by atoms with Crippen LogP contribution >= 0.6 is 0 Å². The van der Waals surface area contributed by atoms with E-state index >= 15 is 0 Å². The van der Waals surface area contributed by atoms with E-state index in [1.54, 1.807) is 11.0 Å². The summed E-state index contributed by atoms with van der Waals surface area (Å²) in [6.07, 6.45) is 1.68. The van der Waals surface area contributed by atoms with E-state index in [0.29, 0.717) is 19.1 Å². The number of aryl methyl sites for hydroxylation is 1. The summed E-state index contributed by atoms with van der Waals surface area (Å²) in [5.74, 6) is 0.804. The summed E-state index contributed by atoms with van der Waals surface area (Å²) >= 11 is 0. The van der Waals surface area contributed by atoms with Gasteiger partial charge < -0.3 is 11.1 Å². The van der Waals surface area contributed by atoms with E-state index in [-0.39, 0.29) is 0 Å². The maximum Gasteiger partial charge on any atom is 0.164 e. The smallest absolute Gasteiger partial charge is 0.164 e. The molecule has 0 aliphatic rings. The van der Waals surface area contributed by atoms with Crippen LogP contribution in [0.25, 0.3) is 0 Å². The van der Waals surface area contributed by atoms with Crippen molar-refractivity contribution in [1.29, 1.82) is 0 Å². The number of hydrogen-bond donors (Lipinski definition) is 2. The summed E-state index contributed by atoms with van der Waals surface area (Å²) in [4.78, 5) is 4.07. The Morgan fingerprint density at radius 3 is 3.00 bits per heavy atom. The second kappa shape index (κ2) is 4.18. The van der Waals surface area contributed by atoms with Gasteiger partial charge in [-0.1, -0.05) is 0 Å². The summed E-state index contributed by atoms with van der Waals surface area (Å²) < 4.78 is 1.68. The van der Waals surface area contributed by atoms with Gasteiger partial charge in [-0.2, -0.15) is 5.10 Å². The lowest BCUT2D eigenvalue weighted by molar-refractivity contribution is 0.541. The third-order valence-electron chi connectivity index (χ3n) is 1.61. The lowest BCUT2D eigenvalue weighted by Crippen LogP contribution is -2.32. The minimum Gasteiger partial charge on any atom is -0.329 e. The molecule has 0 bridgehead atoms. The zero-order valence-electron chi connectivity index (χ0n) is 7.49. The highest BCUT2D eigenvalue weighted by molar-refractivity contribution is 4.81. The predicted molar refractivity (Wildman–Crippen MR) is 46.4 cm³/mol. The fraction of sp³-hybridized carbons (Fsp3) is 0.714. The average Bonchev–Trinajstić information content (AvgIpc) is 2.47.